The van der Waals surface area contributed by atoms with Crippen LogP contribution in [-0.2, 0) is 20.7 Å². The van der Waals surface area contributed by atoms with Crippen LogP contribution in [0.4, 0.5) is 9.18 Å². The molecule has 1 aromatic carbocycles. The van der Waals surface area contributed by atoms with Crippen molar-refractivity contribution < 1.29 is 33.4 Å². The Morgan fingerprint density at radius 1 is 1.12 bits per heavy atom. The summed E-state index contributed by atoms with van der Waals surface area (Å²) in [6, 6.07) is 5.28. The second-order valence-electron chi connectivity index (χ2n) is 11.3. The zero-order chi connectivity index (χ0) is 30.2. The van der Waals surface area contributed by atoms with E-state index in [4.69, 9.17) is 9.47 Å². The number of carboxylic acid groups (broad SMARTS) is 1. The first kappa shape index (κ1) is 31.4. The monoisotopic (exact) mass is 588 g/mol. The van der Waals surface area contributed by atoms with E-state index in [-0.39, 0.29) is 42.3 Å². The summed E-state index contributed by atoms with van der Waals surface area (Å²) in [6.07, 6.45) is 1.16. The van der Waals surface area contributed by atoms with Crippen LogP contribution >= 0.6 is 0 Å². The van der Waals surface area contributed by atoms with Crippen LogP contribution in [-0.4, -0.2) is 118 Å². The molecule has 13 heteroatoms. The molecule has 12 nitrogen and oxygen atoms in total. The number of halogens is 1. The number of piperidine rings is 1. The Hall–Kier alpha value is -3.58. The number of unbranched alkanes of at least 4 members (excludes halogenated alkanes) is 1. The topological polar surface area (TPSA) is 130 Å². The molecule has 3 amide bonds. The van der Waals surface area contributed by atoms with Gasteiger partial charge < -0.3 is 29.3 Å². The first-order valence-electron chi connectivity index (χ1n) is 14.5. The Morgan fingerprint density at radius 3 is 2.48 bits per heavy atom. The van der Waals surface area contributed by atoms with E-state index in [1.807, 2.05) is 13.8 Å². The molecular formula is C29H41FN6O6. The molecule has 4 rings (SSSR count). The van der Waals surface area contributed by atoms with Gasteiger partial charge in [0.25, 0.3) is 5.91 Å². The average Bonchev–Trinajstić information content (AvgIpc) is 3.41. The van der Waals surface area contributed by atoms with E-state index in [2.05, 4.69) is 10.3 Å². The molecule has 2 aromatic rings. The summed E-state index contributed by atoms with van der Waals surface area (Å²) < 4.78 is 25.8. The molecule has 2 aliphatic rings. The van der Waals surface area contributed by atoms with E-state index in [0.717, 1.165) is 6.42 Å². The van der Waals surface area contributed by atoms with Gasteiger partial charge in [-0.1, -0.05) is 19.1 Å². The van der Waals surface area contributed by atoms with Gasteiger partial charge >= 0.3 is 6.09 Å². The number of methoxy groups -OCH3 is 1. The fraction of sp³-hybridized carbons (Fsp3) is 0.621. The van der Waals surface area contributed by atoms with Crippen LogP contribution in [0, 0.1) is 17.7 Å². The lowest BCUT2D eigenvalue weighted by molar-refractivity contribution is -0.142. The summed E-state index contributed by atoms with van der Waals surface area (Å²) in [7, 11) is 1.63. The maximum atomic E-state index is 14.3. The van der Waals surface area contributed by atoms with Crippen LogP contribution < -0.4 is 0 Å². The van der Waals surface area contributed by atoms with Crippen LogP contribution in [0.15, 0.2) is 24.3 Å². The second-order valence-corrected chi connectivity index (χ2v) is 11.3. The number of rotatable bonds is 11. The molecular weight excluding hydrogens is 547 g/mol. The van der Waals surface area contributed by atoms with Crippen LogP contribution in [0.1, 0.15) is 49.3 Å². The zero-order valence-electron chi connectivity index (χ0n) is 24.6. The molecule has 0 bridgehead atoms. The number of nitrogens with zero attached hydrogens (tertiary/aromatic N) is 6. The molecule has 2 atom stereocenters. The van der Waals surface area contributed by atoms with E-state index in [0.29, 0.717) is 70.1 Å². The predicted molar refractivity (Wildman–Crippen MR) is 151 cm³/mol. The van der Waals surface area contributed by atoms with Crippen molar-refractivity contribution in [3.8, 4) is 5.69 Å². The van der Waals surface area contributed by atoms with Crippen molar-refractivity contribution in [1.29, 1.82) is 0 Å². The van der Waals surface area contributed by atoms with Gasteiger partial charge in [-0.25, -0.2) is 13.9 Å². The third-order valence-electron chi connectivity index (χ3n) is 7.68. The molecule has 230 valence electrons. The lowest BCUT2D eigenvalue weighted by atomic mass is 9.91. The lowest BCUT2D eigenvalue weighted by Crippen LogP contribution is -2.58. The minimum absolute atomic E-state index is 0.0693. The number of morpholine rings is 1. The molecule has 0 aliphatic carbocycles. The molecule has 3 heterocycles. The van der Waals surface area contributed by atoms with E-state index in [9.17, 15) is 23.9 Å². The number of carbonyl (C=O) groups is 3. The molecule has 0 spiro atoms. The molecule has 2 fully saturated rings. The number of amides is 3. The number of benzene rings is 1. The Morgan fingerprint density at radius 2 is 1.83 bits per heavy atom. The molecule has 0 radical (unpaired) electrons. The van der Waals surface area contributed by atoms with Crippen molar-refractivity contribution in [3.63, 3.8) is 0 Å². The zero-order valence-corrected chi connectivity index (χ0v) is 24.6. The fourth-order valence-electron chi connectivity index (χ4n) is 5.62. The molecule has 2 aliphatic heterocycles. The van der Waals surface area contributed by atoms with Gasteiger partial charge in [0.2, 0.25) is 5.91 Å². The molecule has 2 saturated heterocycles. The quantitative estimate of drug-likeness (QED) is 0.397. The Bertz CT molecular complexity index is 1220. The van der Waals surface area contributed by atoms with Gasteiger partial charge in [0.05, 0.1) is 36.6 Å². The van der Waals surface area contributed by atoms with Gasteiger partial charge in [0, 0.05) is 46.4 Å². The standard InChI is InChI=1S/C29H41FN6O6/c1-20(2)17-35(24-16-21(18-34(19-24)29(39)40)27(37)33-11-14-42-15-12-33)28(38)26-25(6-4-5-13-41-3)36(32-31-26)23-9-7-22(30)8-10-23/h7-10,20-21,24H,4-6,11-19H2,1-3H3,(H,39,40)/t21-,24+/m1/s1. The predicted octanol–water partition coefficient (Wildman–Crippen LogP) is 2.70. The second kappa shape index (κ2) is 14.5. The average molecular weight is 589 g/mol. The molecule has 1 aromatic heterocycles. The van der Waals surface area contributed by atoms with Crippen molar-refractivity contribution in [2.45, 2.75) is 45.6 Å². The first-order valence-corrected chi connectivity index (χ1v) is 14.5. The van der Waals surface area contributed by atoms with Gasteiger partial charge in [-0.3, -0.25) is 9.59 Å². The summed E-state index contributed by atoms with van der Waals surface area (Å²) in [5.74, 6) is -1.38. The third kappa shape index (κ3) is 7.62. The Kier molecular flexibility index (Phi) is 10.9. The minimum atomic E-state index is -1.13. The number of likely N-dealkylation sites (tertiary alicyclic amines) is 1. The van der Waals surface area contributed by atoms with Gasteiger partial charge in [0.1, 0.15) is 5.82 Å². The summed E-state index contributed by atoms with van der Waals surface area (Å²) in [6.45, 7) is 6.85. The van der Waals surface area contributed by atoms with Crippen molar-refractivity contribution in [2.24, 2.45) is 11.8 Å². The normalized spacial score (nSPS) is 19.3. The smallest absolute Gasteiger partial charge is 0.407 e. The van der Waals surface area contributed by atoms with Crippen molar-refractivity contribution >= 4 is 17.9 Å². The summed E-state index contributed by atoms with van der Waals surface area (Å²) in [5, 5.41) is 18.5. The highest BCUT2D eigenvalue weighted by atomic mass is 19.1. The Labute approximate surface area is 245 Å². The van der Waals surface area contributed by atoms with Crippen LogP contribution in [0.2, 0.25) is 0 Å². The minimum Gasteiger partial charge on any atom is -0.465 e. The molecule has 0 saturated carbocycles. The summed E-state index contributed by atoms with van der Waals surface area (Å²) in [4.78, 5) is 44.5. The first-order chi connectivity index (χ1) is 20.2. The van der Waals surface area contributed by atoms with Crippen LogP contribution in [0.5, 0.6) is 0 Å². The highest BCUT2D eigenvalue weighted by Gasteiger charge is 2.41. The maximum Gasteiger partial charge on any atom is 0.407 e. The number of hydrogen-bond donors (Lipinski definition) is 1. The van der Waals surface area contributed by atoms with E-state index < -0.39 is 18.1 Å². The van der Waals surface area contributed by atoms with Crippen LogP contribution in [0.25, 0.3) is 5.69 Å². The van der Waals surface area contributed by atoms with Crippen molar-refractivity contribution in [2.75, 3.05) is 59.7 Å². The van der Waals surface area contributed by atoms with E-state index >= 15 is 0 Å². The summed E-state index contributed by atoms with van der Waals surface area (Å²) >= 11 is 0. The SMILES string of the molecule is COCCCCc1c(C(=O)N(CC(C)C)[C@H]2C[C@@H](C(=O)N3CCOCC3)CN(C(=O)O)C2)nnn1-c1ccc(F)cc1. The van der Waals surface area contributed by atoms with Crippen molar-refractivity contribution in [1.82, 2.24) is 29.7 Å². The number of hydrogen-bond acceptors (Lipinski definition) is 7. The number of aromatic nitrogens is 3. The lowest BCUT2D eigenvalue weighted by Gasteiger charge is -2.43. The van der Waals surface area contributed by atoms with Gasteiger partial charge in [-0.2, -0.15) is 0 Å². The Balaban J connectivity index is 1.66. The highest BCUT2D eigenvalue weighted by molar-refractivity contribution is 5.94. The van der Waals surface area contributed by atoms with Gasteiger partial charge in [0.15, 0.2) is 5.69 Å². The van der Waals surface area contributed by atoms with Gasteiger partial charge in [-0.05, 0) is 55.9 Å². The van der Waals surface area contributed by atoms with Crippen LogP contribution in [0.3, 0.4) is 0 Å². The maximum absolute atomic E-state index is 14.3. The van der Waals surface area contributed by atoms with Gasteiger partial charge in [-0.15, -0.1) is 5.10 Å². The summed E-state index contributed by atoms with van der Waals surface area (Å²) in [5.41, 5.74) is 1.33. The fourth-order valence-corrected chi connectivity index (χ4v) is 5.62. The van der Waals surface area contributed by atoms with E-state index in [1.54, 1.807) is 33.7 Å². The third-order valence-corrected chi connectivity index (χ3v) is 7.68. The highest BCUT2D eigenvalue weighted by Crippen LogP contribution is 2.27. The molecule has 42 heavy (non-hydrogen) atoms. The molecule has 0 unspecified atom stereocenters. The van der Waals surface area contributed by atoms with E-state index in [1.165, 1.54) is 17.0 Å². The number of carbonyl (C=O) groups excluding carboxylic acids is 2. The number of ether oxygens (including phenoxy) is 2. The largest absolute Gasteiger partial charge is 0.465 e. The van der Waals surface area contributed by atoms with Crippen molar-refractivity contribution in [3.05, 3.63) is 41.5 Å². The molecule has 1 N–H and O–H groups in total.